The molecule has 0 bridgehead atoms. The zero-order chi connectivity index (χ0) is 26.6. The van der Waals surface area contributed by atoms with Crippen LogP contribution in [0.25, 0.3) is 0 Å². The molecule has 1 amide bonds. The Hall–Kier alpha value is -3.41. The van der Waals surface area contributed by atoms with E-state index in [1.165, 1.54) is 0 Å². The molecule has 12 heteroatoms. The van der Waals surface area contributed by atoms with Crippen LogP contribution in [-0.4, -0.2) is 34.4 Å². The third kappa shape index (κ3) is 5.08. The summed E-state index contributed by atoms with van der Waals surface area (Å²) in [5.74, 6) is 0.0223. The Morgan fingerprint density at radius 3 is 2.28 bits per heavy atom. The van der Waals surface area contributed by atoms with Crippen LogP contribution < -0.4 is 9.80 Å². The molecule has 2 aromatic carbocycles. The summed E-state index contributed by atoms with van der Waals surface area (Å²) in [5, 5.41) is 31.1. The number of nitro benzene ring substituents is 2. The lowest BCUT2D eigenvalue weighted by molar-refractivity contribution is -0.393. The fourth-order valence-electron chi connectivity index (χ4n) is 4.39. The van der Waals surface area contributed by atoms with E-state index in [0.717, 1.165) is 50.2 Å². The number of hydrogen-bond acceptors (Lipinski definition) is 8. The molecule has 1 saturated heterocycles. The van der Waals surface area contributed by atoms with Gasteiger partial charge in [0, 0.05) is 24.8 Å². The van der Waals surface area contributed by atoms with Crippen molar-refractivity contribution in [1.29, 1.82) is 0 Å². The summed E-state index contributed by atoms with van der Waals surface area (Å²) < 4.78 is 0.0714. The molecular weight excluding hydrogens is 532 g/mol. The predicted octanol–water partition coefficient (Wildman–Crippen LogP) is 7.21. The monoisotopic (exact) mass is 560 g/mol. The van der Waals surface area contributed by atoms with Crippen LogP contribution in [0.3, 0.4) is 0 Å². The summed E-state index contributed by atoms with van der Waals surface area (Å²) in [6.07, 6.45) is 3.25. The van der Waals surface area contributed by atoms with Gasteiger partial charge in [-0.1, -0.05) is 26.7 Å². The summed E-state index contributed by atoms with van der Waals surface area (Å²) in [4.78, 5) is 38.3. The minimum Gasteiger partial charge on any atom is -0.372 e. The normalized spacial score (nSPS) is 17.0. The molecule has 0 aliphatic carbocycles. The van der Waals surface area contributed by atoms with E-state index in [1.807, 2.05) is 32.9 Å². The summed E-state index contributed by atoms with van der Waals surface area (Å²) in [6, 6.07) is 7.51. The molecule has 0 aromatic heterocycles. The highest BCUT2D eigenvalue weighted by Crippen LogP contribution is 2.50. The number of benzene rings is 2. The fourth-order valence-corrected chi connectivity index (χ4v) is 4.90. The number of halogens is 1. The van der Waals surface area contributed by atoms with E-state index >= 15 is 0 Å². The Kier molecular flexibility index (Phi) is 8.39. The van der Waals surface area contributed by atoms with Crippen molar-refractivity contribution in [2.45, 2.75) is 58.9 Å². The van der Waals surface area contributed by atoms with Crippen LogP contribution in [-0.2, 0) is 4.79 Å². The summed E-state index contributed by atoms with van der Waals surface area (Å²) in [6.45, 7) is 9.71. The van der Waals surface area contributed by atoms with Crippen LogP contribution in [0.2, 0.25) is 0 Å². The first-order chi connectivity index (χ1) is 17.1. The second kappa shape index (κ2) is 11.1. The van der Waals surface area contributed by atoms with Crippen LogP contribution in [0, 0.1) is 20.2 Å². The number of unbranched alkanes of at least 4 members (excludes halogenated alkanes) is 1. The van der Waals surface area contributed by atoms with Crippen LogP contribution >= 0.6 is 15.9 Å². The van der Waals surface area contributed by atoms with Gasteiger partial charge in [0.2, 0.25) is 0 Å². The smallest absolute Gasteiger partial charge is 0.304 e. The number of hydrogen-bond donors (Lipinski definition) is 0. The molecule has 1 heterocycles. The third-order valence-electron chi connectivity index (χ3n) is 6.53. The first kappa shape index (κ1) is 27.2. The standard InChI is InChI=1S/C24H29BrN6O5/c1-5-9-12-24(6-2)23(32)29(24)20-14-16(28(7-3)8-4)10-11-19(20)26-27-22-18(25)13-17(30(33)34)15-21(22)31(35)36/h10-11,13-15H,5-9,12H2,1-4H3. The van der Waals surface area contributed by atoms with Crippen molar-refractivity contribution < 1.29 is 14.6 Å². The van der Waals surface area contributed by atoms with Gasteiger partial charge >= 0.3 is 5.69 Å². The Morgan fingerprint density at radius 2 is 1.72 bits per heavy atom. The van der Waals surface area contributed by atoms with Crippen molar-refractivity contribution in [1.82, 2.24) is 0 Å². The van der Waals surface area contributed by atoms with Crippen LogP contribution in [0.1, 0.15) is 53.4 Å². The van der Waals surface area contributed by atoms with Gasteiger partial charge in [-0.15, -0.1) is 10.2 Å². The van der Waals surface area contributed by atoms with Gasteiger partial charge in [-0.05, 0) is 60.8 Å². The Labute approximate surface area is 217 Å². The second-order valence-corrected chi connectivity index (χ2v) is 9.34. The minimum atomic E-state index is -0.739. The van der Waals surface area contributed by atoms with Crippen molar-refractivity contribution in [3.63, 3.8) is 0 Å². The molecule has 1 fully saturated rings. The zero-order valence-corrected chi connectivity index (χ0v) is 22.3. The highest BCUT2D eigenvalue weighted by Gasteiger charge is 2.61. The lowest BCUT2D eigenvalue weighted by Crippen LogP contribution is -2.22. The van der Waals surface area contributed by atoms with E-state index in [0.29, 0.717) is 17.8 Å². The number of rotatable bonds is 12. The van der Waals surface area contributed by atoms with E-state index in [1.54, 1.807) is 11.0 Å². The number of carbonyl (C=O) groups excluding carboxylic acids is 1. The molecule has 1 aliphatic rings. The number of nitrogens with zero attached hydrogens (tertiary/aromatic N) is 6. The van der Waals surface area contributed by atoms with E-state index in [-0.39, 0.29) is 16.1 Å². The molecular formula is C24H29BrN6O5. The molecule has 0 spiro atoms. The molecule has 0 radical (unpaired) electrons. The average Bonchev–Trinajstić information content (AvgIpc) is 3.45. The topological polar surface area (TPSA) is 134 Å². The minimum absolute atomic E-state index is 0.0223. The molecule has 0 N–H and O–H groups in total. The lowest BCUT2D eigenvalue weighted by Gasteiger charge is -2.23. The molecule has 1 atom stereocenters. The molecule has 192 valence electrons. The molecule has 2 aromatic rings. The van der Waals surface area contributed by atoms with Crippen molar-refractivity contribution >= 4 is 56.0 Å². The van der Waals surface area contributed by atoms with Gasteiger partial charge in [-0.3, -0.25) is 29.9 Å². The summed E-state index contributed by atoms with van der Waals surface area (Å²) in [7, 11) is 0. The molecule has 1 unspecified atom stereocenters. The van der Waals surface area contributed by atoms with E-state index in [9.17, 15) is 25.0 Å². The number of azo groups is 1. The lowest BCUT2D eigenvalue weighted by atomic mass is 9.98. The zero-order valence-electron chi connectivity index (χ0n) is 20.7. The highest BCUT2D eigenvalue weighted by atomic mass is 79.9. The van der Waals surface area contributed by atoms with E-state index < -0.39 is 26.8 Å². The summed E-state index contributed by atoms with van der Waals surface area (Å²) >= 11 is 3.15. The van der Waals surface area contributed by atoms with Gasteiger partial charge in [0.25, 0.3) is 11.6 Å². The molecule has 3 rings (SSSR count). The maximum absolute atomic E-state index is 13.1. The Morgan fingerprint density at radius 1 is 1.03 bits per heavy atom. The average molecular weight is 561 g/mol. The van der Waals surface area contributed by atoms with Crippen molar-refractivity contribution in [2.75, 3.05) is 22.9 Å². The van der Waals surface area contributed by atoms with Crippen molar-refractivity contribution in [3.05, 3.63) is 55.0 Å². The maximum Gasteiger partial charge on any atom is 0.304 e. The van der Waals surface area contributed by atoms with Gasteiger partial charge in [0.1, 0.15) is 11.2 Å². The van der Waals surface area contributed by atoms with Gasteiger partial charge in [0.05, 0.1) is 26.1 Å². The Bertz CT molecular complexity index is 1220. The molecule has 36 heavy (non-hydrogen) atoms. The van der Waals surface area contributed by atoms with Gasteiger partial charge < -0.3 is 4.90 Å². The number of anilines is 2. The first-order valence-electron chi connectivity index (χ1n) is 11.9. The summed E-state index contributed by atoms with van der Waals surface area (Å²) in [5.41, 5.74) is 0.176. The molecule has 11 nitrogen and oxygen atoms in total. The Balaban J connectivity index is 2.12. The van der Waals surface area contributed by atoms with E-state index in [2.05, 4.69) is 38.0 Å². The quantitative estimate of drug-likeness (QED) is 0.116. The molecule has 1 aliphatic heterocycles. The van der Waals surface area contributed by atoms with E-state index in [4.69, 9.17) is 0 Å². The van der Waals surface area contributed by atoms with Gasteiger partial charge in [0.15, 0.2) is 5.69 Å². The SMILES string of the molecule is CCCCC1(CC)C(=O)N1c1cc(N(CC)CC)ccc1N=Nc1c(Br)cc([N+](=O)[O-])cc1[N+](=O)[O-]. The number of non-ortho nitro benzene ring substituents is 1. The highest BCUT2D eigenvalue weighted by molar-refractivity contribution is 9.10. The largest absolute Gasteiger partial charge is 0.372 e. The fraction of sp³-hybridized carbons (Fsp3) is 0.458. The first-order valence-corrected chi connectivity index (χ1v) is 12.7. The maximum atomic E-state index is 13.1. The third-order valence-corrected chi connectivity index (χ3v) is 7.13. The molecule has 0 saturated carbocycles. The second-order valence-electron chi connectivity index (χ2n) is 8.48. The number of amides is 1. The van der Waals surface area contributed by atoms with Gasteiger partial charge in [-0.25, -0.2) is 0 Å². The van der Waals surface area contributed by atoms with Crippen LogP contribution in [0.4, 0.5) is 34.1 Å². The van der Waals surface area contributed by atoms with Crippen LogP contribution in [0.5, 0.6) is 0 Å². The predicted molar refractivity (Wildman–Crippen MR) is 142 cm³/mol. The van der Waals surface area contributed by atoms with Crippen molar-refractivity contribution in [3.8, 4) is 0 Å². The van der Waals surface area contributed by atoms with Gasteiger partial charge in [-0.2, -0.15) is 0 Å². The van der Waals surface area contributed by atoms with Crippen LogP contribution in [0.15, 0.2) is 45.0 Å². The number of carbonyl (C=O) groups is 1. The number of nitro groups is 2. The van der Waals surface area contributed by atoms with Crippen molar-refractivity contribution in [2.24, 2.45) is 10.2 Å².